The molecule has 90 valence electrons. The third kappa shape index (κ3) is 5.74. The first-order chi connectivity index (χ1) is 6.97. The van der Waals surface area contributed by atoms with Gasteiger partial charge in [0, 0.05) is 13.5 Å². The van der Waals surface area contributed by atoms with Gasteiger partial charge in [-0.25, -0.2) is 0 Å². The molecular weight excluding hydrogens is 194 g/mol. The average Bonchev–Trinajstić information content (AvgIpc) is 2.25. The Labute approximate surface area is 92.0 Å². The van der Waals surface area contributed by atoms with Gasteiger partial charge in [0.15, 0.2) is 0 Å². The predicted octanol–water partition coefficient (Wildman–Crippen LogP) is 1.08. The molecule has 2 unspecified atom stereocenters. The predicted molar refractivity (Wildman–Crippen MR) is 59.6 cm³/mol. The minimum Gasteiger partial charge on any atom is -0.394 e. The SMILES string of the molecule is CCC(C)(CO)NC(=O)CCC(C)OC. The minimum atomic E-state index is -0.493. The number of rotatable bonds is 7. The zero-order chi connectivity index (χ0) is 11.9. The molecule has 0 saturated heterocycles. The van der Waals surface area contributed by atoms with E-state index in [1.165, 1.54) is 0 Å². The van der Waals surface area contributed by atoms with E-state index >= 15 is 0 Å². The van der Waals surface area contributed by atoms with Crippen LogP contribution in [0.15, 0.2) is 0 Å². The fourth-order valence-electron chi connectivity index (χ4n) is 1.09. The summed E-state index contributed by atoms with van der Waals surface area (Å²) in [7, 11) is 1.63. The van der Waals surface area contributed by atoms with Crippen LogP contribution in [0.25, 0.3) is 0 Å². The maximum Gasteiger partial charge on any atom is 0.220 e. The van der Waals surface area contributed by atoms with Gasteiger partial charge < -0.3 is 15.2 Å². The summed E-state index contributed by atoms with van der Waals surface area (Å²) < 4.78 is 5.05. The first-order valence-electron chi connectivity index (χ1n) is 5.42. The number of hydrogen-bond donors (Lipinski definition) is 2. The largest absolute Gasteiger partial charge is 0.394 e. The lowest BCUT2D eigenvalue weighted by atomic mass is 10.00. The van der Waals surface area contributed by atoms with Crippen LogP contribution in [0.4, 0.5) is 0 Å². The van der Waals surface area contributed by atoms with Gasteiger partial charge in [0.05, 0.1) is 18.2 Å². The Balaban J connectivity index is 3.92. The van der Waals surface area contributed by atoms with Gasteiger partial charge in [-0.3, -0.25) is 4.79 Å². The molecule has 0 aromatic carbocycles. The van der Waals surface area contributed by atoms with Crippen LogP contribution in [0, 0.1) is 0 Å². The zero-order valence-electron chi connectivity index (χ0n) is 10.2. The Hall–Kier alpha value is -0.610. The van der Waals surface area contributed by atoms with Crippen molar-refractivity contribution in [2.75, 3.05) is 13.7 Å². The summed E-state index contributed by atoms with van der Waals surface area (Å²) in [6.45, 7) is 5.67. The van der Waals surface area contributed by atoms with Crippen LogP contribution in [0.2, 0.25) is 0 Å². The lowest BCUT2D eigenvalue weighted by Crippen LogP contribution is -2.48. The van der Waals surface area contributed by atoms with Crippen LogP contribution in [0.5, 0.6) is 0 Å². The Morgan fingerprint density at radius 2 is 2.20 bits per heavy atom. The fraction of sp³-hybridized carbons (Fsp3) is 0.909. The molecule has 0 aromatic heterocycles. The van der Waals surface area contributed by atoms with E-state index in [4.69, 9.17) is 9.84 Å². The van der Waals surface area contributed by atoms with Gasteiger partial charge in [0.25, 0.3) is 0 Å². The van der Waals surface area contributed by atoms with Crippen molar-refractivity contribution < 1.29 is 14.6 Å². The van der Waals surface area contributed by atoms with E-state index in [0.717, 1.165) is 6.42 Å². The summed E-state index contributed by atoms with van der Waals surface area (Å²) >= 11 is 0. The van der Waals surface area contributed by atoms with Crippen LogP contribution in [-0.4, -0.2) is 36.4 Å². The standard InChI is InChI=1S/C11H23NO3/c1-5-11(3,8-13)12-10(14)7-6-9(2)15-4/h9,13H,5-8H2,1-4H3,(H,12,14). The molecule has 0 aliphatic heterocycles. The molecule has 0 aromatic rings. The van der Waals surface area contributed by atoms with E-state index in [0.29, 0.717) is 12.8 Å². The highest BCUT2D eigenvalue weighted by Crippen LogP contribution is 2.09. The Bertz CT molecular complexity index is 190. The second-order valence-electron chi connectivity index (χ2n) is 4.21. The summed E-state index contributed by atoms with van der Waals surface area (Å²) in [5.41, 5.74) is -0.493. The molecule has 0 spiro atoms. The van der Waals surface area contributed by atoms with Gasteiger partial charge >= 0.3 is 0 Å². The molecule has 0 heterocycles. The molecule has 4 heteroatoms. The number of carbonyl (C=O) groups is 1. The van der Waals surface area contributed by atoms with Crippen molar-refractivity contribution in [2.45, 2.75) is 51.7 Å². The van der Waals surface area contributed by atoms with Crippen LogP contribution in [-0.2, 0) is 9.53 Å². The molecule has 4 nitrogen and oxygen atoms in total. The van der Waals surface area contributed by atoms with Crippen LogP contribution in [0.3, 0.4) is 0 Å². The topological polar surface area (TPSA) is 58.6 Å². The summed E-state index contributed by atoms with van der Waals surface area (Å²) in [4.78, 5) is 11.5. The van der Waals surface area contributed by atoms with E-state index in [-0.39, 0.29) is 18.6 Å². The van der Waals surface area contributed by atoms with Crippen LogP contribution < -0.4 is 5.32 Å². The van der Waals surface area contributed by atoms with Gasteiger partial charge in [-0.05, 0) is 26.7 Å². The average molecular weight is 217 g/mol. The van der Waals surface area contributed by atoms with E-state index in [1.807, 2.05) is 20.8 Å². The van der Waals surface area contributed by atoms with E-state index in [2.05, 4.69) is 5.32 Å². The molecule has 2 atom stereocenters. The molecule has 2 N–H and O–H groups in total. The quantitative estimate of drug-likeness (QED) is 0.671. The van der Waals surface area contributed by atoms with Crippen molar-refractivity contribution in [1.29, 1.82) is 0 Å². The number of aliphatic hydroxyl groups excluding tert-OH is 1. The number of carbonyl (C=O) groups excluding carboxylic acids is 1. The molecule has 0 fully saturated rings. The van der Waals surface area contributed by atoms with Gasteiger partial charge in [-0.15, -0.1) is 0 Å². The highest BCUT2D eigenvalue weighted by Gasteiger charge is 2.22. The van der Waals surface area contributed by atoms with Crippen molar-refractivity contribution in [3.8, 4) is 0 Å². The Morgan fingerprint density at radius 3 is 2.60 bits per heavy atom. The van der Waals surface area contributed by atoms with E-state index < -0.39 is 5.54 Å². The summed E-state index contributed by atoms with van der Waals surface area (Å²) in [5.74, 6) is -0.0303. The molecule has 0 rings (SSSR count). The van der Waals surface area contributed by atoms with Gasteiger partial charge in [0.1, 0.15) is 0 Å². The van der Waals surface area contributed by atoms with Crippen molar-refractivity contribution in [1.82, 2.24) is 5.32 Å². The third-order valence-electron chi connectivity index (χ3n) is 2.75. The molecule has 0 bridgehead atoms. The number of ether oxygens (including phenoxy) is 1. The van der Waals surface area contributed by atoms with Gasteiger partial charge in [-0.2, -0.15) is 0 Å². The highest BCUT2D eigenvalue weighted by molar-refractivity contribution is 5.76. The van der Waals surface area contributed by atoms with Crippen molar-refractivity contribution >= 4 is 5.91 Å². The second kappa shape index (κ2) is 6.80. The normalized spacial score (nSPS) is 16.9. The molecular formula is C11H23NO3. The molecule has 0 radical (unpaired) electrons. The van der Waals surface area contributed by atoms with Gasteiger partial charge in [0.2, 0.25) is 5.91 Å². The Kier molecular flexibility index (Phi) is 6.52. The summed E-state index contributed by atoms with van der Waals surface area (Å²) in [6.07, 6.45) is 1.95. The molecule has 0 saturated carbocycles. The monoisotopic (exact) mass is 217 g/mol. The number of methoxy groups -OCH3 is 1. The smallest absolute Gasteiger partial charge is 0.220 e. The van der Waals surface area contributed by atoms with Crippen LogP contribution >= 0.6 is 0 Å². The first kappa shape index (κ1) is 14.4. The van der Waals surface area contributed by atoms with Gasteiger partial charge in [-0.1, -0.05) is 6.92 Å². The second-order valence-corrected chi connectivity index (χ2v) is 4.21. The molecule has 1 amide bonds. The van der Waals surface area contributed by atoms with Crippen molar-refractivity contribution in [3.05, 3.63) is 0 Å². The number of aliphatic hydroxyl groups is 1. The maximum absolute atomic E-state index is 11.5. The molecule has 0 aliphatic rings. The summed E-state index contributed by atoms with van der Waals surface area (Å²) in [5, 5.41) is 11.9. The lowest BCUT2D eigenvalue weighted by molar-refractivity contribution is -0.124. The fourth-order valence-corrected chi connectivity index (χ4v) is 1.09. The number of nitrogens with one attached hydrogen (secondary N) is 1. The molecule has 15 heavy (non-hydrogen) atoms. The maximum atomic E-state index is 11.5. The minimum absolute atomic E-state index is 0.0303. The summed E-state index contributed by atoms with van der Waals surface area (Å²) in [6, 6.07) is 0. The van der Waals surface area contributed by atoms with Crippen molar-refractivity contribution in [3.63, 3.8) is 0 Å². The molecule has 0 aliphatic carbocycles. The van der Waals surface area contributed by atoms with Crippen molar-refractivity contribution in [2.24, 2.45) is 0 Å². The van der Waals surface area contributed by atoms with Crippen LogP contribution in [0.1, 0.15) is 40.0 Å². The van der Waals surface area contributed by atoms with E-state index in [1.54, 1.807) is 7.11 Å². The number of hydrogen-bond acceptors (Lipinski definition) is 3. The third-order valence-corrected chi connectivity index (χ3v) is 2.75. The highest BCUT2D eigenvalue weighted by atomic mass is 16.5. The first-order valence-corrected chi connectivity index (χ1v) is 5.42. The zero-order valence-corrected chi connectivity index (χ0v) is 10.2. The van der Waals surface area contributed by atoms with E-state index in [9.17, 15) is 4.79 Å². The Morgan fingerprint density at radius 1 is 1.60 bits per heavy atom. The lowest BCUT2D eigenvalue weighted by Gasteiger charge is -2.27. The number of amides is 1.